The summed E-state index contributed by atoms with van der Waals surface area (Å²) in [5.41, 5.74) is 3.65. The number of nitrogens with one attached hydrogen (secondary N) is 2. The van der Waals surface area contributed by atoms with E-state index in [0.29, 0.717) is 22.3 Å². The number of sulfone groups is 1. The number of aromatic amines is 1. The average molecular weight is 456 g/mol. The molecule has 0 unspecified atom stereocenters. The van der Waals surface area contributed by atoms with Gasteiger partial charge in [-0.3, -0.25) is 0 Å². The van der Waals surface area contributed by atoms with E-state index in [-0.39, 0.29) is 5.75 Å². The first-order valence-electron chi connectivity index (χ1n) is 11.7. The Morgan fingerprint density at radius 2 is 1.84 bits per heavy atom. The van der Waals surface area contributed by atoms with Gasteiger partial charge in [-0.15, -0.1) is 0 Å². The molecule has 1 aliphatic carbocycles. The number of pyridine rings is 1. The third-order valence-corrected chi connectivity index (χ3v) is 8.55. The van der Waals surface area contributed by atoms with Gasteiger partial charge in [0.15, 0.2) is 9.84 Å². The number of benzene rings is 1. The summed E-state index contributed by atoms with van der Waals surface area (Å²) in [6.45, 7) is 5.68. The van der Waals surface area contributed by atoms with E-state index < -0.39 is 9.84 Å². The molecule has 7 heteroatoms. The van der Waals surface area contributed by atoms with Crippen LogP contribution in [0.3, 0.4) is 0 Å². The van der Waals surface area contributed by atoms with E-state index in [0.717, 1.165) is 45.7 Å². The molecule has 2 heterocycles. The highest BCUT2D eigenvalue weighted by molar-refractivity contribution is 7.91. The molecule has 1 aliphatic rings. The Labute approximate surface area is 190 Å². The molecule has 0 spiro atoms. The summed E-state index contributed by atoms with van der Waals surface area (Å²) in [6.07, 6.45) is 8.97. The quantitative estimate of drug-likeness (QED) is 0.372. The predicted molar refractivity (Wildman–Crippen MR) is 129 cm³/mol. The van der Waals surface area contributed by atoms with E-state index in [1.807, 2.05) is 18.2 Å². The van der Waals surface area contributed by atoms with Gasteiger partial charge in [-0.1, -0.05) is 26.7 Å². The zero-order valence-electron chi connectivity index (χ0n) is 19.1. The van der Waals surface area contributed by atoms with E-state index in [4.69, 9.17) is 0 Å². The van der Waals surface area contributed by atoms with Crippen LogP contribution in [0.1, 0.15) is 58.1 Å². The molecule has 1 saturated carbocycles. The van der Waals surface area contributed by atoms with Crippen LogP contribution in [0.25, 0.3) is 22.2 Å². The van der Waals surface area contributed by atoms with E-state index >= 15 is 0 Å². The van der Waals surface area contributed by atoms with Gasteiger partial charge in [0, 0.05) is 22.9 Å². The van der Waals surface area contributed by atoms with Crippen molar-refractivity contribution in [1.29, 1.82) is 0 Å². The van der Waals surface area contributed by atoms with Gasteiger partial charge in [-0.05, 0) is 68.9 Å². The fraction of sp³-hybridized carbons (Fsp3) is 0.480. The number of H-pyrrole nitrogens is 1. The summed E-state index contributed by atoms with van der Waals surface area (Å²) in [6, 6.07) is 9.45. The first kappa shape index (κ1) is 22.6. The minimum Gasteiger partial charge on any atom is -0.710 e. The van der Waals surface area contributed by atoms with Crippen molar-refractivity contribution in [3.63, 3.8) is 0 Å². The van der Waals surface area contributed by atoms with Crippen molar-refractivity contribution in [2.75, 3.05) is 11.1 Å². The maximum Gasteiger partial charge on any atom is 0.290 e. The van der Waals surface area contributed by atoms with E-state index in [9.17, 15) is 13.6 Å². The molecule has 0 bridgehead atoms. The Balaban J connectivity index is 1.77. The van der Waals surface area contributed by atoms with Crippen molar-refractivity contribution >= 4 is 26.6 Å². The monoisotopic (exact) mass is 455 g/mol. The predicted octanol–water partition coefficient (Wildman–Crippen LogP) is 5.34. The second-order valence-electron chi connectivity index (χ2n) is 9.00. The Kier molecular flexibility index (Phi) is 6.47. The van der Waals surface area contributed by atoms with Crippen LogP contribution >= 0.6 is 0 Å². The Bertz CT molecular complexity index is 1210. The lowest BCUT2D eigenvalue weighted by Crippen LogP contribution is -2.31. The topological polar surface area (TPSA) is 88.9 Å². The minimum atomic E-state index is -3.35. The smallest absolute Gasteiger partial charge is 0.290 e. The van der Waals surface area contributed by atoms with Gasteiger partial charge < -0.3 is 10.5 Å². The molecule has 0 aliphatic heterocycles. The van der Waals surface area contributed by atoms with Crippen molar-refractivity contribution < 1.29 is 13.1 Å². The lowest BCUT2D eigenvalue weighted by atomic mass is 9.83. The van der Waals surface area contributed by atoms with Crippen molar-refractivity contribution in [3.8, 4) is 11.1 Å². The van der Waals surface area contributed by atoms with Gasteiger partial charge in [-0.25, -0.2) is 18.1 Å². The summed E-state index contributed by atoms with van der Waals surface area (Å²) in [4.78, 5) is 3.34. The average Bonchev–Trinajstić information content (AvgIpc) is 3.28. The molecule has 0 atom stereocenters. The normalized spacial score (nSPS) is 19.3. The molecule has 1 aromatic carbocycles. The second kappa shape index (κ2) is 9.14. The Hall–Kier alpha value is -2.54. The lowest BCUT2D eigenvalue weighted by molar-refractivity contribution is -0.586. The number of hydrogen-bond donors (Lipinski definition) is 2. The third-order valence-electron chi connectivity index (χ3n) is 6.82. The Morgan fingerprint density at radius 3 is 2.53 bits per heavy atom. The van der Waals surface area contributed by atoms with Crippen LogP contribution in [0, 0.1) is 18.0 Å². The fourth-order valence-electron chi connectivity index (χ4n) is 4.95. The van der Waals surface area contributed by atoms with Crippen LogP contribution in [0.15, 0.2) is 41.4 Å². The highest BCUT2D eigenvalue weighted by atomic mass is 32.2. The number of rotatable bonds is 7. The molecule has 6 nitrogen and oxygen atoms in total. The standard InChI is InChI=1S/C25H33N3O3S/c1-4-6-18-7-9-19(10-8-18)27-24-12-11-20(32(30,31)5-2)16-23(24)22-15-17(3)28(29)25-21(22)13-14-26-25/h11-16,18-19,26-27H,4-10H2,1-3H3/t18-,19+. The maximum atomic E-state index is 12.6. The molecule has 32 heavy (non-hydrogen) atoms. The zero-order chi connectivity index (χ0) is 22.9. The van der Waals surface area contributed by atoms with Gasteiger partial charge in [0.05, 0.1) is 22.2 Å². The molecule has 4 rings (SSSR count). The third kappa shape index (κ3) is 4.35. The van der Waals surface area contributed by atoms with Crippen LogP contribution in [0.4, 0.5) is 5.69 Å². The van der Waals surface area contributed by atoms with Crippen LogP contribution in [0.5, 0.6) is 0 Å². The number of fused-ring (bicyclic) bond motifs is 1. The van der Waals surface area contributed by atoms with Crippen molar-refractivity contribution in [2.45, 2.75) is 70.2 Å². The van der Waals surface area contributed by atoms with Crippen molar-refractivity contribution in [2.24, 2.45) is 5.92 Å². The van der Waals surface area contributed by atoms with Gasteiger partial charge in [0.1, 0.15) is 5.69 Å². The van der Waals surface area contributed by atoms with Crippen LogP contribution < -0.4 is 10.0 Å². The van der Waals surface area contributed by atoms with Gasteiger partial charge in [-0.2, -0.15) is 0 Å². The zero-order valence-corrected chi connectivity index (χ0v) is 20.0. The fourth-order valence-corrected chi connectivity index (χ4v) is 5.85. The number of aryl methyl sites for hydroxylation is 1. The van der Waals surface area contributed by atoms with E-state index in [1.165, 1.54) is 25.7 Å². The molecule has 0 saturated heterocycles. The minimum absolute atomic E-state index is 0.0502. The van der Waals surface area contributed by atoms with Crippen molar-refractivity contribution in [3.05, 3.63) is 47.4 Å². The number of hydrogen-bond acceptors (Lipinski definition) is 4. The van der Waals surface area contributed by atoms with E-state index in [2.05, 4.69) is 17.2 Å². The summed E-state index contributed by atoms with van der Waals surface area (Å²) in [7, 11) is -3.35. The van der Waals surface area contributed by atoms with E-state index in [1.54, 1.807) is 32.2 Å². The molecule has 0 radical (unpaired) electrons. The van der Waals surface area contributed by atoms with Gasteiger partial charge in [0.2, 0.25) is 0 Å². The highest BCUT2D eigenvalue weighted by Crippen LogP contribution is 2.37. The number of nitrogens with zero attached hydrogens (tertiary/aromatic N) is 1. The SMILES string of the molecule is CCC[C@H]1CC[C@@H](Nc2ccc(S(=O)(=O)CC)cc2-c2cc(C)[n+]([O-])c3[nH]ccc23)CC1. The van der Waals surface area contributed by atoms with Crippen LogP contribution in [0.2, 0.25) is 0 Å². The lowest BCUT2D eigenvalue weighted by Gasteiger charge is -2.30. The number of anilines is 1. The maximum absolute atomic E-state index is 12.6. The summed E-state index contributed by atoms with van der Waals surface area (Å²) in [5, 5.41) is 17.0. The molecular formula is C25H33N3O3S. The summed E-state index contributed by atoms with van der Waals surface area (Å²) >= 11 is 0. The first-order chi connectivity index (χ1) is 15.3. The van der Waals surface area contributed by atoms with Crippen LogP contribution in [-0.4, -0.2) is 25.2 Å². The van der Waals surface area contributed by atoms with Crippen LogP contribution in [-0.2, 0) is 9.84 Å². The molecule has 2 aromatic heterocycles. The molecular weight excluding hydrogens is 422 g/mol. The largest absolute Gasteiger partial charge is 0.710 e. The summed E-state index contributed by atoms with van der Waals surface area (Å²) < 4.78 is 26.2. The van der Waals surface area contributed by atoms with Gasteiger partial charge in [0.25, 0.3) is 5.65 Å². The molecule has 1 fully saturated rings. The van der Waals surface area contributed by atoms with Gasteiger partial charge >= 0.3 is 0 Å². The number of aromatic nitrogens is 2. The molecule has 172 valence electrons. The molecule has 2 N–H and O–H groups in total. The molecule has 3 aromatic rings. The second-order valence-corrected chi connectivity index (χ2v) is 11.3. The molecule has 0 amide bonds. The van der Waals surface area contributed by atoms with Crippen molar-refractivity contribution in [1.82, 2.24) is 4.98 Å². The summed E-state index contributed by atoms with van der Waals surface area (Å²) in [5.74, 6) is 0.868. The first-order valence-corrected chi connectivity index (χ1v) is 13.3. The Morgan fingerprint density at radius 1 is 1.09 bits per heavy atom. The highest BCUT2D eigenvalue weighted by Gasteiger charge is 2.24.